The number of phosphoric acid groups is 2. The standard InChI is InChI=1S/C77H150O17P2/c1-8-9-10-11-12-13-14-24-31-38-46-53-60-76(81)94-73(65-88-75(80)59-52-45-40-33-36-43-50-57-70(6)7)67-92-96(85,86)90-63-71(78)62-89-95(83,84)91-66-72(64-87-74(79)58-51-44-37-30-27-26-29-35-42-49-56-69(4)5)93-77(82)61-54-47-39-32-25-22-20-18-16-15-17-19-21-23-28-34-41-48-55-68(2)3/h68-73,78H,8-67H2,1-7H3,(H,83,84)(H,85,86)/t71-,72-,73-/m1/s1. The largest absolute Gasteiger partial charge is 0.472 e. The molecule has 0 amide bonds. The topological polar surface area (TPSA) is 237 Å². The number of ether oxygens (including phenoxy) is 4. The summed E-state index contributed by atoms with van der Waals surface area (Å²) in [5, 5.41) is 10.6. The number of rotatable bonds is 75. The zero-order valence-electron chi connectivity index (χ0n) is 62.8. The Bertz CT molecular complexity index is 1870. The van der Waals surface area contributed by atoms with Crippen molar-refractivity contribution in [3.8, 4) is 0 Å². The van der Waals surface area contributed by atoms with Crippen molar-refractivity contribution in [1.82, 2.24) is 0 Å². The lowest BCUT2D eigenvalue weighted by molar-refractivity contribution is -0.161. The Labute approximate surface area is 588 Å². The van der Waals surface area contributed by atoms with E-state index in [1.807, 2.05) is 0 Å². The van der Waals surface area contributed by atoms with Crippen molar-refractivity contribution in [1.29, 1.82) is 0 Å². The minimum Gasteiger partial charge on any atom is -0.462 e. The van der Waals surface area contributed by atoms with Crippen molar-refractivity contribution in [3.05, 3.63) is 0 Å². The van der Waals surface area contributed by atoms with Crippen LogP contribution in [0, 0.1) is 17.8 Å². The summed E-state index contributed by atoms with van der Waals surface area (Å²) in [4.78, 5) is 72.8. The van der Waals surface area contributed by atoms with Crippen LogP contribution in [0.3, 0.4) is 0 Å². The summed E-state index contributed by atoms with van der Waals surface area (Å²) in [6.45, 7) is 11.9. The van der Waals surface area contributed by atoms with Gasteiger partial charge in [-0.1, -0.05) is 344 Å². The van der Waals surface area contributed by atoms with E-state index < -0.39 is 97.5 Å². The number of aliphatic hydroxyl groups is 1. The lowest BCUT2D eigenvalue weighted by Gasteiger charge is -2.21. The fraction of sp³-hybridized carbons (Fsp3) is 0.948. The van der Waals surface area contributed by atoms with E-state index in [4.69, 9.17) is 37.0 Å². The molecule has 96 heavy (non-hydrogen) atoms. The molecule has 2 unspecified atom stereocenters. The van der Waals surface area contributed by atoms with Crippen LogP contribution in [0.15, 0.2) is 0 Å². The fourth-order valence-electron chi connectivity index (χ4n) is 11.8. The van der Waals surface area contributed by atoms with Gasteiger partial charge < -0.3 is 33.8 Å². The van der Waals surface area contributed by atoms with Crippen LogP contribution in [0.5, 0.6) is 0 Å². The average molecular weight is 1410 g/mol. The summed E-state index contributed by atoms with van der Waals surface area (Å²) < 4.78 is 68.5. The maximum absolute atomic E-state index is 13.1. The Balaban J connectivity index is 5.20. The predicted molar refractivity (Wildman–Crippen MR) is 391 cm³/mol. The van der Waals surface area contributed by atoms with E-state index >= 15 is 0 Å². The molecule has 0 aliphatic carbocycles. The van der Waals surface area contributed by atoms with Gasteiger partial charge in [0, 0.05) is 25.7 Å². The highest BCUT2D eigenvalue weighted by Crippen LogP contribution is 2.45. The number of hydrogen-bond donors (Lipinski definition) is 3. The molecule has 0 saturated carbocycles. The second kappa shape index (κ2) is 67.5. The molecule has 3 N–H and O–H groups in total. The molecule has 17 nitrogen and oxygen atoms in total. The van der Waals surface area contributed by atoms with Gasteiger partial charge in [0.05, 0.1) is 26.4 Å². The van der Waals surface area contributed by atoms with Gasteiger partial charge in [0.25, 0.3) is 0 Å². The predicted octanol–water partition coefficient (Wildman–Crippen LogP) is 22.6. The van der Waals surface area contributed by atoms with Crippen LogP contribution in [-0.4, -0.2) is 96.7 Å². The third-order valence-corrected chi connectivity index (χ3v) is 19.8. The van der Waals surface area contributed by atoms with E-state index in [-0.39, 0.29) is 25.7 Å². The number of phosphoric ester groups is 2. The Hall–Kier alpha value is -1.94. The molecular formula is C77H150O17P2. The normalized spacial score (nSPS) is 14.1. The van der Waals surface area contributed by atoms with Gasteiger partial charge in [0.2, 0.25) is 0 Å². The molecule has 0 fully saturated rings. The first-order valence-electron chi connectivity index (χ1n) is 39.8. The molecule has 0 bridgehead atoms. The fourth-order valence-corrected chi connectivity index (χ4v) is 13.4. The van der Waals surface area contributed by atoms with Gasteiger partial charge in [0.15, 0.2) is 12.2 Å². The number of aliphatic hydroxyl groups excluding tert-OH is 1. The highest BCUT2D eigenvalue weighted by molar-refractivity contribution is 7.47. The summed E-state index contributed by atoms with van der Waals surface area (Å²) in [7, 11) is -9.91. The van der Waals surface area contributed by atoms with Gasteiger partial charge in [-0.15, -0.1) is 0 Å². The van der Waals surface area contributed by atoms with Crippen molar-refractivity contribution in [2.75, 3.05) is 39.6 Å². The van der Waals surface area contributed by atoms with E-state index in [2.05, 4.69) is 48.5 Å². The van der Waals surface area contributed by atoms with Gasteiger partial charge in [0.1, 0.15) is 19.3 Å². The number of unbranched alkanes of at least 4 members (excludes halogenated alkanes) is 43. The molecule has 0 aliphatic heterocycles. The van der Waals surface area contributed by atoms with E-state index in [0.717, 1.165) is 108 Å². The number of carbonyl (C=O) groups is 4. The molecule has 0 spiro atoms. The molecule has 0 aromatic carbocycles. The molecule has 0 rings (SSSR count). The molecule has 570 valence electrons. The maximum Gasteiger partial charge on any atom is 0.472 e. The highest BCUT2D eigenvalue weighted by atomic mass is 31.2. The maximum atomic E-state index is 13.1. The molecule has 0 heterocycles. The Morgan fingerprint density at radius 3 is 0.708 bits per heavy atom. The van der Waals surface area contributed by atoms with Crippen LogP contribution >= 0.6 is 15.6 Å². The highest BCUT2D eigenvalue weighted by Gasteiger charge is 2.30. The molecule has 0 saturated heterocycles. The van der Waals surface area contributed by atoms with Crippen LogP contribution in [-0.2, 0) is 65.4 Å². The van der Waals surface area contributed by atoms with Crippen molar-refractivity contribution in [2.45, 2.75) is 414 Å². The van der Waals surface area contributed by atoms with Crippen LogP contribution < -0.4 is 0 Å². The minimum absolute atomic E-state index is 0.106. The first-order valence-corrected chi connectivity index (χ1v) is 42.8. The second-order valence-corrected chi connectivity index (χ2v) is 32.1. The third kappa shape index (κ3) is 70.5. The first kappa shape index (κ1) is 94.1. The molecular weight excluding hydrogens is 1260 g/mol. The zero-order chi connectivity index (χ0) is 70.9. The molecule has 0 aromatic heterocycles. The minimum atomic E-state index is -4.96. The monoisotopic (exact) mass is 1410 g/mol. The number of hydrogen-bond acceptors (Lipinski definition) is 15. The Morgan fingerprint density at radius 1 is 0.281 bits per heavy atom. The van der Waals surface area contributed by atoms with Crippen LogP contribution in [0.1, 0.15) is 395 Å². The Morgan fingerprint density at radius 2 is 0.479 bits per heavy atom. The van der Waals surface area contributed by atoms with Gasteiger partial charge in [-0.25, -0.2) is 9.13 Å². The smallest absolute Gasteiger partial charge is 0.462 e. The van der Waals surface area contributed by atoms with Crippen LogP contribution in [0.25, 0.3) is 0 Å². The van der Waals surface area contributed by atoms with E-state index in [1.165, 1.54) is 199 Å². The van der Waals surface area contributed by atoms with Gasteiger partial charge >= 0.3 is 39.5 Å². The molecule has 0 aliphatic rings. The SMILES string of the molecule is CCCCCCCCCCCCCCC(=O)O[C@H](COC(=O)CCCCCCCCCC(C)C)COP(=O)(O)OC[C@H](O)COP(=O)(O)OC[C@@H](COC(=O)CCCCCCCCCCCCC(C)C)OC(=O)CCCCCCCCCCCCCCCCCCCCC(C)C. The summed E-state index contributed by atoms with van der Waals surface area (Å²) >= 11 is 0. The number of carbonyl (C=O) groups excluding carboxylic acids is 4. The summed E-state index contributed by atoms with van der Waals surface area (Å²) in [5.74, 6) is 0.167. The molecule has 19 heteroatoms. The lowest BCUT2D eigenvalue weighted by Crippen LogP contribution is -2.30. The molecule has 5 atom stereocenters. The average Bonchev–Trinajstić information content (AvgIpc) is 1.56. The van der Waals surface area contributed by atoms with Crippen LogP contribution in [0.4, 0.5) is 0 Å². The lowest BCUT2D eigenvalue weighted by atomic mass is 10.0. The summed E-state index contributed by atoms with van der Waals surface area (Å²) in [6, 6.07) is 0. The van der Waals surface area contributed by atoms with E-state index in [9.17, 15) is 43.2 Å². The van der Waals surface area contributed by atoms with E-state index in [0.29, 0.717) is 31.6 Å². The third-order valence-electron chi connectivity index (χ3n) is 17.9. The van der Waals surface area contributed by atoms with Gasteiger partial charge in [-0.2, -0.15) is 0 Å². The van der Waals surface area contributed by atoms with Gasteiger partial charge in [-0.05, 0) is 43.4 Å². The zero-order valence-corrected chi connectivity index (χ0v) is 64.6. The van der Waals surface area contributed by atoms with Crippen molar-refractivity contribution >= 4 is 39.5 Å². The number of esters is 4. The van der Waals surface area contributed by atoms with Crippen molar-refractivity contribution < 1.29 is 80.2 Å². The van der Waals surface area contributed by atoms with Crippen LogP contribution in [0.2, 0.25) is 0 Å². The van der Waals surface area contributed by atoms with E-state index in [1.54, 1.807) is 0 Å². The summed E-state index contributed by atoms with van der Waals surface area (Å²) in [6.07, 6.45) is 54.2. The molecule has 0 radical (unpaired) electrons. The van der Waals surface area contributed by atoms with Crippen molar-refractivity contribution in [2.24, 2.45) is 17.8 Å². The Kier molecular flexibility index (Phi) is 66.2. The molecule has 0 aromatic rings. The van der Waals surface area contributed by atoms with Crippen molar-refractivity contribution in [3.63, 3.8) is 0 Å². The first-order chi connectivity index (χ1) is 46.2. The summed E-state index contributed by atoms with van der Waals surface area (Å²) in [5.41, 5.74) is 0. The van der Waals surface area contributed by atoms with Gasteiger partial charge in [-0.3, -0.25) is 37.3 Å². The second-order valence-electron chi connectivity index (χ2n) is 29.2. The quantitative estimate of drug-likeness (QED) is 0.0222.